The Morgan fingerprint density at radius 3 is 2.68 bits per heavy atom. The van der Waals surface area contributed by atoms with Gasteiger partial charge in [0.05, 0.1) is 6.54 Å². The molecule has 0 atom stereocenters. The van der Waals surface area contributed by atoms with E-state index in [0.717, 1.165) is 5.69 Å². The summed E-state index contributed by atoms with van der Waals surface area (Å²) in [5.74, 6) is -0.679. The summed E-state index contributed by atoms with van der Waals surface area (Å²) >= 11 is 1.31. The SMILES string of the molecule is O=C(N=c1sccn1Cc1ccccc1F)c1ccc(N2CCNC2=O)cc1. The first-order valence-corrected chi connectivity index (χ1v) is 9.61. The summed E-state index contributed by atoms with van der Waals surface area (Å²) in [5, 5.41) is 4.55. The van der Waals surface area contributed by atoms with E-state index in [2.05, 4.69) is 10.3 Å². The van der Waals surface area contributed by atoms with E-state index in [-0.39, 0.29) is 17.8 Å². The van der Waals surface area contributed by atoms with Gasteiger partial charge in [-0.15, -0.1) is 11.3 Å². The van der Waals surface area contributed by atoms with Gasteiger partial charge >= 0.3 is 6.03 Å². The van der Waals surface area contributed by atoms with Crippen LogP contribution in [0.4, 0.5) is 14.9 Å². The first-order chi connectivity index (χ1) is 13.6. The topological polar surface area (TPSA) is 66.7 Å². The molecular weight excluding hydrogens is 379 g/mol. The first-order valence-electron chi connectivity index (χ1n) is 8.73. The van der Waals surface area contributed by atoms with Crippen LogP contribution in [-0.4, -0.2) is 29.6 Å². The third-order valence-corrected chi connectivity index (χ3v) is 5.23. The first kappa shape index (κ1) is 18.1. The second-order valence-electron chi connectivity index (χ2n) is 6.25. The minimum atomic E-state index is -0.387. The predicted molar refractivity (Wildman–Crippen MR) is 105 cm³/mol. The molecule has 6 nitrogen and oxygen atoms in total. The van der Waals surface area contributed by atoms with Gasteiger partial charge in [-0.1, -0.05) is 18.2 Å². The van der Waals surface area contributed by atoms with Crippen LogP contribution in [-0.2, 0) is 6.54 Å². The van der Waals surface area contributed by atoms with Crippen LogP contribution in [0.5, 0.6) is 0 Å². The average molecular weight is 396 g/mol. The number of hydrogen-bond acceptors (Lipinski definition) is 3. The summed E-state index contributed by atoms with van der Waals surface area (Å²) in [6, 6.07) is 13.2. The van der Waals surface area contributed by atoms with Gasteiger partial charge in [-0.05, 0) is 30.3 Å². The molecule has 1 N–H and O–H groups in total. The third-order valence-electron chi connectivity index (χ3n) is 4.44. The number of halogens is 1. The number of nitrogens with zero attached hydrogens (tertiary/aromatic N) is 3. The molecule has 142 valence electrons. The Kier molecular flexibility index (Phi) is 5.03. The van der Waals surface area contributed by atoms with Gasteiger partial charge in [0.2, 0.25) is 0 Å². The zero-order valence-corrected chi connectivity index (χ0v) is 15.7. The Bertz CT molecular complexity index is 1090. The lowest BCUT2D eigenvalue weighted by Crippen LogP contribution is -2.27. The maximum Gasteiger partial charge on any atom is 0.321 e. The normalized spacial score (nSPS) is 14.4. The highest BCUT2D eigenvalue weighted by atomic mass is 32.1. The number of anilines is 1. The molecule has 0 radical (unpaired) electrons. The van der Waals surface area contributed by atoms with Gasteiger partial charge in [-0.3, -0.25) is 9.69 Å². The van der Waals surface area contributed by atoms with Crippen LogP contribution in [0, 0.1) is 5.82 Å². The highest BCUT2D eigenvalue weighted by molar-refractivity contribution is 7.07. The fraction of sp³-hybridized carbons (Fsp3) is 0.150. The Morgan fingerprint density at radius 1 is 1.18 bits per heavy atom. The second-order valence-corrected chi connectivity index (χ2v) is 7.13. The molecule has 0 spiro atoms. The van der Waals surface area contributed by atoms with Gasteiger partial charge in [-0.25, -0.2) is 9.18 Å². The molecule has 0 unspecified atom stereocenters. The molecule has 1 aromatic heterocycles. The molecule has 0 saturated carbocycles. The summed E-state index contributed by atoms with van der Waals surface area (Å²) < 4.78 is 15.6. The molecule has 1 aliphatic rings. The van der Waals surface area contributed by atoms with Crippen LogP contribution in [0.25, 0.3) is 0 Å². The van der Waals surface area contributed by atoms with Crippen LogP contribution >= 0.6 is 11.3 Å². The molecule has 0 bridgehead atoms. The number of carbonyl (C=O) groups excluding carboxylic acids is 2. The summed E-state index contributed by atoms with van der Waals surface area (Å²) in [6.07, 6.45) is 1.78. The third kappa shape index (κ3) is 3.72. The maximum absolute atomic E-state index is 13.9. The Balaban J connectivity index is 1.55. The van der Waals surface area contributed by atoms with E-state index >= 15 is 0 Å². The van der Waals surface area contributed by atoms with Crippen molar-refractivity contribution in [3.63, 3.8) is 0 Å². The molecule has 8 heteroatoms. The molecule has 0 aliphatic carbocycles. The molecule has 2 aromatic carbocycles. The standard InChI is InChI=1S/C20H17FN4O2S/c21-17-4-2-1-3-15(17)13-24-11-12-28-20(24)23-18(26)14-5-7-16(8-6-14)25-10-9-22-19(25)27/h1-8,11-12H,9-10,13H2,(H,22,27). The summed E-state index contributed by atoms with van der Waals surface area (Å²) in [7, 11) is 0. The van der Waals surface area contributed by atoms with Gasteiger partial charge in [0, 0.05) is 41.5 Å². The highest BCUT2D eigenvalue weighted by Crippen LogP contribution is 2.17. The van der Waals surface area contributed by atoms with Crippen LogP contribution in [0.3, 0.4) is 0 Å². The van der Waals surface area contributed by atoms with E-state index in [9.17, 15) is 14.0 Å². The van der Waals surface area contributed by atoms with Crippen LogP contribution in [0.15, 0.2) is 65.1 Å². The molecule has 1 fully saturated rings. The maximum atomic E-state index is 13.9. The number of rotatable bonds is 4. The molecular formula is C20H17FN4O2S. The average Bonchev–Trinajstić information content (AvgIpc) is 3.32. The predicted octanol–water partition coefficient (Wildman–Crippen LogP) is 3.01. The van der Waals surface area contributed by atoms with Gasteiger partial charge in [0.15, 0.2) is 4.80 Å². The van der Waals surface area contributed by atoms with Gasteiger partial charge in [0.1, 0.15) is 5.82 Å². The molecule has 4 rings (SSSR count). The number of carbonyl (C=O) groups is 2. The lowest BCUT2D eigenvalue weighted by Gasteiger charge is -2.13. The number of aromatic nitrogens is 1. The molecule has 3 amide bonds. The number of thiazole rings is 1. The zero-order chi connectivity index (χ0) is 19.5. The van der Waals surface area contributed by atoms with Crippen molar-refractivity contribution in [1.82, 2.24) is 9.88 Å². The molecule has 1 saturated heterocycles. The van der Waals surface area contributed by atoms with E-state index < -0.39 is 0 Å². The molecule has 1 aliphatic heterocycles. The largest absolute Gasteiger partial charge is 0.336 e. The minimum Gasteiger partial charge on any atom is -0.336 e. The van der Waals surface area contributed by atoms with Crippen LogP contribution < -0.4 is 15.0 Å². The lowest BCUT2D eigenvalue weighted by molar-refractivity contribution is 0.0998. The van der Waals surface area contributed by atoms with Gasteiger partial charge in [0.25, 0.3) is 5.91 Å². The fourth-order valence-electron chi connectivity index (χ4n) is 2.97. The summed E-state index contributed by atoms with van der Waals surface area (Å²) in [6.45, 7) is 1.50. The second kappa shape index (κ2) is 7.77. The van der Waals surface area contributed by atoms with Crippen molar-refractivity contribution < 1.29 is 14.0 Å². The lowest BCUT2D eigenvalue weighted by atomic mass is 10.2. The number of urea groups is 1. The van der Waals surface area contributed by atoms with Crippen molar-refractivity contribution in [2.75, 3.05) is 18.0 Å². The van der Waals surface area contributed by atoms with E-state index in [1.54, 1.807) is 58.1 Å². The summed E-state index contributed by atoms with van der Waals surface area (Å²) in [4.78, 5) is 30.6. The Labute approximate surface area is 164 Å². The van der Waals surface area contributed by atoms with E-state index in [1.807, 2.05) is 5.38 Å². The number of hydrogen-bond donors (Lipinski definition) is 1. The van der Waals surface area contributed by atoms with Gasteiger partial charge < -0.3 is 9.88 Å². The van der Waals surface area contributed by atoms with Crippen molar-refractivity contribution in [3.05, 3.63) is 81.9 Å². The van der Waals surface area contributed by atoms with Crippen molar-refractivity contribution in [1.29, 1.82) is 0 Å². The van der Waals surface area contributed by atoms with E-state index in [0.29, 0.717) is 35.6 Å². The molecule has 2 heterocycles. The number of nitrogens with one attached hydrogen (secondary N) is 1. The quantitative estimate of drug-likeness (QED) is 0.737. The Morgan fingerprint density at radius 2 is 1.96 bits per heavy atom. The summed E-state index contributed by atoms with van der Waals surface area (Å²) in [5.41, 5.74) is 1.69. The zero-order valence-electron chi connectivity index (χ0n) is 14.8. The van der Waals surface area contributed by atoms with E-state index in [4.69, 9.17) is 0 Å². The van der Waals surface area contributed by atoms with Crippen molar-refractivity contribution >= 4 is 29.0 Å². The van der Waals surface area contributed by atoms with Gasteiger partial charge in [-0.2, -0.15) is 4.99 Å². The van der Waals surface area contributed by atoms with Crippen molar-refractivity contribution in [2.24, 2.45) is 4.99 Å². The molecule has 28 heavy (non-hydrogen) atoms. The fourth-order valence-corrected chi connectivity index (χ4v) is 3.70. The van der Waals surface area contributed by atoms with Crippen LogP contribution in [0.1, 0.15) is 15.9 Å². The minimum absolute atomic E-state index is 0.142. The molecule has 3 aromatic rings. The van der Waals surface area contributed by atoms with Crippen LogP contribution in [0.2, 0.25) is 0 Å². The van der Waals surface area contributed by atoms with Crippen molar-refractivity contribution in [2.45, 2.75) is 6.54 Å². The van der Waals surface area contributed by atoms with E-state index in [1.165, 1.54) is 17.4 Å². The Hall–Kier alpha value is -3.26. The monoisotopic (exact) mass is 396 g/mol. The number of amides is 3. The smallest absolute Gasteiger partial charge is 0.321 e. The highest BCUT2D eigenvalue weighted by Gasteiger charge is 2.21. The number of benzene rings is 2. The van der Waals surface area contributed by atoms with Crippen molar-refractivity contribution in [3.8, 4) is 0 Å².